The van der Waals surface area contributed by atoms with Crippen LogP contribution < -0.4 is 0 Å². The van der Waals surface area contributed by atoms with E-state index in [-0.39, 0.29) is 0 Å². The van der Waals surface area contributed by atoms with Crippen LogP contribution >= 0.6 is 0 Å². The summed E-state index contributed by atoms with van der Waals surface area (Å²) in [4.78, 5) is 2.38. The van der Waals surface area contributed by atoms with Gasteiger partial charge in [-0.15, -0.1) is 0 Å². The minimum absolute atomic E-state index is 0.375. The monoisotopic (exact) mass is 263 g/mol. The van der Waals surface area contributed by atoms with E-state index in [1.165, 1.54) is 5.56 Å². The highest BCUT2D eigenvalue weighted by atomic mass is 16.5. The molecule has 0 atom stereocenters. The van der Waals surface area contributed by atoms with Crippen LogP contribution in [0.4, 0.5) is 0 Å². The summed E-state index contributed by atoms with van der Waals surface area (Å²) in [6.45, 7) is 7.85. The Bertz CT molecular complexity index is 362. The molecular weight excluding hydrogens is 238 g/mol. The highest BCUT2D eigenvalue weighted by molar-refractivity contribution is 5.13. The number of ether oxygens (including phenoxy) is 2. The SMILES string of the molecule is CN(CCCOCc1ccccc1)CC1(C)COC1. The zero-order chi connectivity index (χ0) is 13.6. The van der Waals surface area contributed by atoms with Crippen LogP contribution in [0.3, 0.4) is 0 Å². The molecule has 1 aromatic rings. The molecule has 1 fully saturated rings. The fraction of sp³-hybridized carbons (Fsp3) is 0.625. The summed E-state index contributed by atoms with van der Waals surface area (Å²) in [6, 6.07) is 10.3. The molecule has 0 saturated carbocycles. The largest absolute Gasteiger partial charge is 0.380 e. The Balaban J connectivity index is 1.52. The third kappa shape index (κ3) is 4.94. The van der Waals surface area contributed by atoms with Gasteiger partial charge in [-0.2, -0.15) is 0 Å². The van der Waals surface area contributed by atoms with Crippen LogP contribution in [-0.4, -0.2) is 44.9 Å². The predicted octanol–water partition coefficient (Wildman–Crippen LogP) is 2.56. The molecular formula is C16H25NO2. The Hall–Kier alpha value is -0.900. The van der Waals surface area contributed by atoms with Crippen LogP contribution in [0.5, 0.6) is 0 Å². The van der Waals surface area contributed by atoms with Crippen LogP contribution in [-0.2, 0) is 16.1 Å². The van der Waals surface area contributed by atoms with Gasteiger partial charge >= 0.3 is 0 Å². The van der Waals surface area contributed by atoms with Crippen molar-refractivity contribution in [3.05, 3.63) is 35.9 Å². The molecule has 3 heteroatoms. The molecule has 1 aromatic carbocycles. The average molecular weight is 263 g/mol. The van der Waals surface area contributed by atoms with E-state index in [0.717, 1.165) is 45.9 Å². The van der Waals surface area contributed by atoms with Crippen LogP contribution in [0.1, 0.15) is 18.9 Å². The Kier molecular flexibility index (Phi) is 5.37. The molecule has 0 bridgehead atoms. The smallest absolute Gasteiger partial charge is 0.0716 e. The van der Waals surface area contributed by atoms with Gasteiger partial charge in [-0.25, -0.2) is 0 Å². The van der Waals surface area contributed by atoms with Gasteiger partial charge in [0.25, 0.3) is 0 Å². The van der Waals surface area contributed by atoms with Gasteiger partial charge in [0.05, 0.1) is 19.8 Å². The molecule has 0 aromatic heterocycles. The van der Waals surface area contributed by atoms with Crippen molar-refractivity contribution >= 4 is 0 Å². The van der Waals surface area contributed by atoms with Crippen molar-refractivity contribution in [1.29, 1.82) is 0 Å². The summed E-state index contributed by atoms with van der Waals surface area (Å²) in [5.41, 5.74) is 1.62. The van der Waals surface area contributed by atoms with E-state index in [9.17, 15) is 0 Å². The number of hydrogen-bond donors (Lipinski definition) is 0. The normalized spacial score (nSPS) is 17.4. The molecule has 2 rings (SSSR count). The van der Waals surface area contributed by atoms with Gasteiger partial charge in [0.2, 0.25) is 0 Å². The second kappa shape index (κ2) is 7.04. The van der Waals surface area contributed by atoms with Gasteiger partial charge in [0, 0.05) is 25.1 Å². The summed E-state index contributed by atoms with van der Waals surface area (Å²) < 4.78 is 11.0. The van der Waals surface area contributed by atoms with Crippen LogP contribution in [0.15, 0.2) is 30.3 Å². The zero-order valence-corrected chi connectivity index (χ0v) is 12.1. The van der Waals surface area contributed by atoms with Crippen LogP contribution in [0.2, 0.25) is 0 Å². The Morgan fingerprint density at radius 3 is 2.63 bits per heavy atom. The number of hydrogen-bond acceptors (Lipinski definition) is 3. The first-order valence-electron chi connectivity index (χ1n) is 7.06. The lowest BCUT2D eigenvalue weighted by molar-refractivity contribution is -0.113. The van der Waals surface area contributed by atoms with Gasteiger partial charge in [-0.05, 0) is 19.0 Å². The van der Waals surface area contributed by atoms with E-state index in [0.29, 0.717) is 5.41 Å². The highest BCUT2D eigenvalue weighted by Gasteiger charge is 2.34. The quantitative estimate of drug-likeness (QED) is 0.673. The molecule has 1 aliphatic rings. The number of benzene rings is 1. The fourth-order valence-electron chi connectivity index (χ4n) is 2.47. The summed E-state index contributed by atoms with van der Waals surface area (Å²) in [5, 5.41) is 0. The van der Waals surface area contributed by atoms with Crippen LogP contribution in [0.25, 0.3) is 0 Å². The summed E-state index contributed by atoms with van der Waals surface area (Å²) in [6.07, 6.45) is 1.08. The lowest BCUT2D eigenvalue weighted by atomic mass is 9.88. The molecule has 1 aliphatic heterocycles. The first-order valence-corrected chi connectivity index (χ1v) is 7.06. The van der Waals surface area contributed by atoms with Crippen molar-refractivity contribution in [2.24, 2.45) is 5.41 Å². The van der Waals surface area contributed by atoms with Gasteiger partial charge in [0.1, 0.15) is 0 Å². The Labute approximate surface area is 116 Å². The average Bonchev–Trinajstić information content (AvgIpc) is 2.38. The molecule has 19 heavy (non-hydrogen) atoms. The lowest BCUT2D eigenvalue weighted by Gasteiger charge is -2.40. The maximum atomic E-state index is 5.69. The van der Waals surface area contributed by atoms with Crippen molar-refractivity contribution < 1.29 is 9.47 Å². The summed E-state index contributed by atoms with van der Waals surface area (Å²) >= 11 is 0. The van der Waals surface area contributed by atoms with E-state index in [4.69, 9.17) is 9.47 Å². The zero-order valence-electron chi connectivity index (χ0n) is 12.1. The molecule has 0 radical (unpaired) electrons. The van der Waals surface area contributed by atoms with Crippen molar-refractivity contribution in [3.63, 3.8) is 0 Å². The molecule has 0 aliphatic carbocycles. The van der Waals surface area contributed by atoms with Gasteiger partial charge < -0.3 is 14.4 Å². The molecule has 0 unspecified atom stereocenters. The lowest BCUT2D eigenvalue weighted by Crippen LogP contribution is -2.48. The van der Waals surface area contributed by atoms with Crippen molar-refractivity contribution in [2.45, 2.75) is 20.0 Å². The standard InChI is InChI=1S/C16H25NO2/c1-16(13-19-14-16)12-17(2)9-6-10-18-11-15-7-4-3-5-8-15/h3-5,7-8H,6,9-14H2,1-2H3. The second-order valence-electron chi connectivity index (χ2n) is 5.93. The molecule has 3 nitrogen and oxygen atoms in total. The fourth-order valence-corrected chi connectivity index (χ4v) is 2.47. The van der Waals surface area contributed by atoms with E-state index < -0.39 is 0 Å². The summed E-state index contributed by atoms with van der Waals surface area (Å²) in [5.74, 6) is 0. The maximum Gasteiger partial charge on any atom is 0.0716 e. The molecule has 1 heterocycles. The Morgan fingerprint density at radius 1 is 1.26 bits per heavy atom. The van der Waals surface area contributed by atoms with E-state index in [1.54, 1.807) is 0 Å². The Morgan fingerprint density at radius 2 is 2.00 bits per heavy atom. The van der Waals surface area contributed by atoms with Crippen molar-refractivity contribution in [3.8, 4) is 0 Å². The highest BCUT2D eigenvalue weighted by Crippen LogP contribution is 2.27. The van der Waals surface area contributed by atoms with Crippen LogP contribution in [0, 0.1) is 5.41 Å². The van der Waals surface area contributed by atoms with Crippen molar-refractivity contribution in [2.75, 3.05) is 40.0 Å². The van der Waals surface area contributed by atoms with Gasteiger partial charge in [-0.3, -0.25) is 0 Å². The van der Waals surface area contributed by atoms with Gasteiger partial charge in [-0.1, -0.05) is 37.3 Å². The maximum absolute atomic E-state index is 5.69. The molecule has 106 valence electrons. The molecule has 0 amide bonds. The first kappa shape index (κ1) is 14.5. The molecule has 1 saturated heterocycles. The number of nitrogens with zero attached hydrogens (tertiary/aromatic N) is 1. The topological polar surface area (TPSA) is 21.7 Å². The van der Waals surface area contributed by atoms with E-state index in [2.05, 4.69) is 31.0 Å². The minimum atomic E-state index is 0.375. The number of rotatable bonds is 8. The molecule has 0 spiro atoms. The summed E-state index contributed by atoms with van der Waals surface area (Å²) in [7, 11) is 2.18. The van der Waals surface area contributed by atoms with Gasteiger partial charge in [0.15, 0.2) is 0 Å². The second-order valence-corrected chi connectivity index (χ2v) is 5.93. The van der Waals surface area contributed by atoms with Crippen molar-refractivity contribution in [1.82, 2.24) is 4.90 Å². The molecule has 0 N–H and O–H groups in total. The van der Waals surface area contributed by atoms with E-state index >= 15 is 0 Å². The first-order chi connectivity index (χ1) is 9.18. The minimum Gasteiger partial charge on any atom is -0.380 e. The predicted molar refractivity (Wildman–Crippen MR) is 77.1 cm³/mol. The van der Waals surface area contributed by atoms with E-state index in [1.807, 2.05) is 18.2 Å². The third-order valence-corrected chi connectivity index (χ3v) is 3.49. The third-order valence-electron chi connectivity index (χ3n) is 3.49.